The van der Waals surface area contributed by atoms with Gasteiger partial charge in [-0.25, -0.2) is 0 Å². The first-order valence-electron chi connectivity index (χ1n) is 5.86. The van der Waals surface area contributed by atoms with Crippen molar-refractivity contribution in [2.45, 2.75) is 6.61 Å². The minimum absolute atomic E-state index is 0.147. The minimum atomic E-state index is -0.547. The van der Waals surface area contributed by atoms with Crippen molar-refractivity contribution in [1.29, 1.82) is 0 Å². The zero-order chi connectivity index (χ0) is 13.4. The van der Waals surface area contributed by atoms with Crippen LogP contribution in [0.5, 0.6) is 5.75 Å². The number of carbonyl (C=O) groups excluding carboxylic acids is 2. The normalized spacial score (nSPS) is 12.9. The number of carbonyl (C=O) groups is 2. The lowest BCUT2D eigenvalue weighted by Gasteiger charge is -2.05. The molecule has 0 atom stereocenters. The Morgan fingerprint density at radius 3 is 2.68 bits per heavy atom. The highest BCUT2D eigenvalue weighted by atomic mass is 16.5. The van der Waals surface area contributed by atoms with E-state index in [4.69, 9.17) is 10.5 Å². The number of para-hydroxylation sites is 1. The molecule has 1 amide bonds. The van der Waals surface area contributed by atoms with Crippen LogP contribution in [0.2, 0.25) is 0 Å². The summed E-state index contributed by atoms with van der Waals surface area (Å²) in [5.41, 5.74) is 7.30. The second kappa shape index (κ2) is 4.24. The minimum Gasteiger partial charge on any atom is -0.488 e. The molecule has 0 unspecified atom stereocenters. The average Bonchev–Trinajstić information content (AvgIpc) is 2.57. The first-order chi connectivity index (χ1) is 9.16. The molecule has 4 nitrogen and oxygen atoms in total. The van der Waals surface area contributed by atoms with Gasteiger partial charge in [-0.1, -0.05) is 18.2 Å². The zero-order valence-corrected chi connectivity index (χ0v) is 10.1. The van der Waals surface area contributed by atoms with E-state index < -0.39 is 5.91 Å². The molecule has 19 heavy (non-hydrogen) atoms. The molecular weight excluding hydrogens is 242 g/mol. The summed E-state index contributed by atoms with van der Waals surface area (Å²) in [6.45, 7) is 0.303. The Morgan fingerprint density at radius 1 is 1.11 bits per heavy atom. The lowest BCUT2D eigenvalue weighted by molar-refractivity contribution is 0.1000. The van der Waals surface area contributed by atoms with Gasteiger partial charge in [0.15, 0.2) is 5.78 Å². The van der Waals surface area contributed by atoms with Gasteiger partial charge in [-0.2, -0.15) is 0 Å². The molecule has 1 heterocycles. The molecule has 0 radical (unpaired) electrons. The Hall–Kier alpha value is -2.62. The molecule has 0 aliphatic carbocycles. The summed E-state index contributed by atoms with van der Waals surface area (Å²) in [4.78, 5) is 23.7. The maximum Gasteiger partial charge on any atom is 0.248 e. The monoisotopic (exact) mass is 253 g/mol. The topological polar surface area (TPSA) is 69.4 Å². The van der Waals surface area contributed by atoms with Gasteiger partial charge >= 0.3 is 0 Å². The summed E-state index contributed by atoms with van der Waals surface area (Å²) in [6, 6.07) is 11.9. The molecular formula is C15H11NO3. The van der Waals surface area contributed by atoms with Gasteiger partial charge in [0, 0.05) is 16.7 Å². The average molecular weight is 253 g/mol. The van der Waals surface area contributed by atoms with Crippen LogP contribution in [-0.4, -0.2) is 11.7 Å². The molecule has 2 aromatic carbocycles. The number of rotatable bonds is 1. The van der Waals surface area contributed by atoms with Crippen LogP contribution in [0.1, 0.15) is 31.8 Å². The summed E-state index contributed by atoms with van der Waals surface area (Å²) in [6.07, 6.45) is 0. The maximum absolute atomic E-state index is 12.5. The Balaban J connectivity index is 2.18. The highest BCUT2D eigenvalue weighted by Gasteiger charge is 2.22. The van der Waals surface area contributed by atoms with E-state index in [1.165, 1.54) is 6.07 Å². The molecule has 1 aliphatic rings. The van der Waals surface area contributed by atoms with Crippen LogP contribution in [0.15, 0.2) is 42.5 Å². The number of primary amides is 1. The number of ether oxygens (including phenoxy) is 1. The number of amides is 1. The van der Waals surface area contributed by atoms with Crippen molar-refractivity contribution < 1.29 is 14.3 Å². The van der Waals surface area contributed by atoms with Crippen molar-refractivity contribution in [3.8, 4) is 5.75 Å². The fourth-order valence-electron chi connectivity index (χ4n) is 2.15. The van der Waals surface area contributed by atoms with Crippen LogP contribution >= 0.6 is 0 Å². The molecule has 1 aliphatic heterocycles. The molecule has 0 saturated carbocycles. The predicted octanol–water partition coefficient (Wildman–Crippen LogP) is 1.91. The van der Waals surface area contributed by atoms with Crippen LogP contribution in [-0.2, 0) is 6.61 Å². The lowest BCUT2D eigenvalue weighted by Crippen LogP contribution is -2.13. The highest BCUT2D eigenvalue weighted by molar-refractivity contribution is 6.13. The van der Waals surface area contributed by atoms with E-state index >= 15 is 0 Å². The van der Waals surface area contributed by atoms with Crippen LogP contribution in [0.3, 0.4) is 0 Å². The van der Waals surface area contributed by atoms with Gasteiger partial charge in [-0.15, -0.1) is 0 Å². The molecule has 3 rings (SSSR count). The number of hydrogen-bond acceptors (Lipinski definition) is 3. The SMILES string of the molecule is NC(=O)c1ccc2c(c1)C(=O)c1ccccc1OC2. The Morgan fingerprint density at radius 2 is 1.89 bits per heavy atom. The van der Waals surface area contributed by atoms with Crippen molar-refractivity contribution >= 4 is 11.7 Å². The Kier molecular flexibility index (Phi) is 2.56. The molecule has 0 fully saturated rings. The van der Waals surface area contributed by atoms with Crippen LogP contribution in [0, 0.1) is 0 Å². The molecule has 4 heteroatoms. The largest absolute Gasteiger partial charge is 0.488 e. The Bertz CT molecular complexity index is 692. The summed E-state index contributed by atoms with van der Waals surface area (Å²) in [5, 5.41) is 0. The third-order valence-corrected chi connectivity index (χ3v) is 3.15. The first kappa shape index (κ1) is 11.5. The van der Waals surface area contributed by atoms with E-state index in [9.17, 15) is 9.59 Å². The molecule has 0 saturated heterocycles. The lowest BCUT2D eigenvalue weighted by atomic mass is 9.97. The van der Waals surface area contributed by atoms with Gasteiger partial charge in [0.2, 0.25) is 5.91 Å². The van der Waals surface area contributed by atoms with E-state index in [0.717, 1.165) is 5.56 Å². The Labute approximate surface area is 109 Å². The number of benzene rings is 2. The summed E-state index contributed by atoms with van der Waals surface area (Å²) >= 11 is 0. The molecule has 0 spiro atoms. The van der Waals surface area contributed by atoms with E-state index in [1.54, 1.807) is 30.3 Å². The number of fused-ring (bicyclic) bond motifs is 2. The van der Waals surface area contributed by atoms with E-state index in [2.05, 4.69) is 0 Å². The van der Waals surface area contributed by atoms with Gasteiger partial charge in [-0.3, -0.25) is 9.59 Å². The molecule has 0 aromatic heterocycles. The van der Waals surface area contributed by atoms with Crippen molar-refractivity contribution in [1.82, 2.24) is 0 Å². The van der Waals surface area contributed by atoms with Gasteiger partial charge in [0.1, 0.15) is 12.4 Å². The third-order valence-electron chi connectivity index (χ3n) is 3.15. The number of nitrogens with two attached hydrogens (primary N) is 1. The summed E-state index contributed by atoms with van der Waals surface area (Å²) in [7, 11) is 0. The van der Waals surface area contributed by atoms with Crippen LogP contribution in [0.4, 0.5) is 0 Å². The summed E-state index contributed by atoms with van der Waals surface area (Å²) < 4.78 is 5.61. The van der Waals surface area contributed by atoms with Crippen molar-refractivity contribution in [2.75, 3.05) is 0 Å². The van der Waals surface area contributed by atoms with Crippen molar-refractivity contribution in [3.63, 3.8) is 0 Å². The fraction of sp³-hybridized carbons (Fsp3) is 0.0667. The maximum atomic E-state index is 12.5. The predicted molar refractivity (Wildman–Crippen MR) is 69.2 cm³/mol. The first-order valence-corrected chi connectivity index (χ1v) is 5.86. The van der Waals surface area contributed by atoms with Gasteiger partial charge < -0.3 is 10.5 Å². The smallest absolute Gasteiger partial charge is 0.248 e. The van der Waals surface area contributed by atoms with E-state index in [-0.39, 0.29) is 5.78 Å². The molecule has 2 N–H and O–H groups in total. The zero-order valence-electron chi connectivity index (χ0n) is 10.1. The molecule has 94 valence electrons. The second-order valence-electron chi connectivity index (χ2n) is 4.35. The number of ketones is 1. The van der Waals surface area contributed by atoms with Gasteiger partial charge in [-0.05, 0) is 24.3 Å². The van der Waals surface area contributed by atoms with Crippen molar-refractivity contribution in [3.05, 3.63) is 64.7 Å². The quantitative estimate of drug-likeness (QED) is 0.844. The van der Waals surface area contributed by atoms with Gasteiger partial charge in [0.05, 0.1) is 5.56 Å². The molecule has 2 aromatic rings. The molecule has 0 bridgehead atoms. The van der Waals surface area contributed by atoms with Gasteiger partial charge in [0.25, 0.3) is 0 Å². The van der Waals surface area contributed by atoms with Crippen LogP contribution < -0.4 is 10.5 Å². The third kappa shape index (κ3) is 1.87. The second-order valence-corrected chi connectivity index (χ2v) is 4.35. The van der Waals surface area contributed by atoms with E-state index in [0.29, 0.717) is 29.0 Å². The standard InChI is InChI=1S/C15H11NO3/c16-15(18)9-5-6-10-8-19-13-4-2-1-3-11(13)14(17)12(10)7-9/h1-7H,8H2,(H2,16,18). The fourth-order valence-corrected chi connectivity index (χ4v) is 2.15. The highest BCUT2D eigenvalue weighted by Crippen LogP contribution is 2.28. The van der Waals surface area contributed by atoms with Crippen molar-refractivity contribution in [2.24, 2.45) is 5.73 Å². The number of hydrogen-bond donors (Lipinski definition) is 1. The van der Waals surface area contributed by atoms with Crippen LogP contribution in [0.25, 0.3) is 0 Å². The summed E-state index contributed by atoms with van der Waals surface area (Å²) in [5.74, 6) is -0.135. The van der Waals surface area contributed by atoms with E-state index in [1.807, 2.05) is 6.07 Å².